The molecular weight excluding hydrogens is 280 g/mol. The second-order valence-corrected chi connectivity index (χ2v) is 5.56. The minimum Gasteiger partial charge on any atom is -0.332 e. The van der Waals surface area contributed by atoms with E-state index in [-0.39, 0.29) is 11.8 Å². The largest absolute Gasteiger partial charge is 0.332 e. The molecule has 1 aliphatic heterocycles. The summed E-state index contributed by atoms with van der Waals surface area (Å²) in [6, 6.07) is 5.77. The van der Waals surface area contributed by atoms with Gasteiger partial charge < -0.3 is 10.2 Å². The van der Waals surface area contributed by atoms with Gasteiger partial charge in [0, 0.05) is 30.7 Å². The normalized spacial score (nSPS) is 13.1. The average Bonchev–Trinajstić information content (AvgIpc) is 3.01. The highest BCUT2D eigenvalue weighted by Gasteiger charge is 2.27. The smallest absolute Gasteiger partial charge is 0.221 e. The molecule has 2 heterocycles. The highest BCUT2D eigenvalue weighted by Crippen LogP contribution is 2.34. The molecule has 22 heavy (non-hydrogen) atoms. The molecule has 2 amide bonds. The van der Waals surface area contributed by atoms with E-state index in [1.54, 1.807) is 11.8 Å². The number of aromatic amines is 1. The van der Waals surface area contributed by atoms with E-state index in [0.717, 1.165) is 33.8 Å². The molecule has 3 rings (SSSR count). The number of carbonyl (C=O) groups is 2. The van der Waals surface area contributed by atoms with E-state index in [4.69, 9.17) is 0 Å². The summed E-state index contributed by atoms with van der Waals surface area (Å²) in [6.07, 6.45) is 0. The van der Waals surface area contributed by atoms with E-state index < -0.39 is 0 Å². The average molecular weight is 298 g/mol. The Kier molecular flexibility index (Phi) is 3.44. The third-order valence-electron chi connectivity index (χ3n) is 4.00. The van der Waals surface area contributed by atoms with Crippen molar-refractivity contribution in [3.8, 4) is 11.3 Å². The van der Waals surface area contributed by atoms with Crippen LogP contribution in [0.25, 0.3) is 11.3 Å². The molecule has 0 aliphatic carbocycles. The Morgan fingerprint density at radius 1 is 1.27 bits per heavy atom. The predicted octanol–water partition coefficient (Wildman–Crippen LogP) is 2.21. The van der Waals surface area contributed by atoms with E-state index in [9.17, 15) is 9.59 Å². The molecule has 2 N–H and O–H groups in total. The summed E-state index contributed by atoms with van der Waals surface area (Å²) in [6.45, 7) is 6.14. The summed E-state index contributed by atoms with van der Waals surface area (Å²) in [7, 11) is 0. The maximum Gasteiger partial charge on any atom is 0.221 e. The minimum atomic E-state index is -0.0992. The van der Waals surface area contributed by atoms with Gasteiger partial charge in [-0.05, 0) is 18.6 Å². The van der Waals surface area contributed by atoms with Crippen LogP contribution >= 0.6 is 0 Å². The zero-order chi connectivity index (χ0) is 15.9. The molecule has 0 saturated carbocycles. The zero-order valence-electron chi connectivity index (χ0n) is 12.9. The van der Waals surface area contributed by atoms with Gasteiger partial charge in [0.1, 0.15) is 0 Å². The lowest BCUT2D eigenvalue weighted by Gasteiger charge is -2.14. The van der Waals surface area contributed by atoms with E-state index in [1.165, 1.54) is 6.92 Å². The summed E-state index contributed by atoms with van der Waals surface area (Å²) < 4.78 is 0. The molecular formula is C16H18N4O2. The monoisotopic (exact) mass is 298 g/mol. The number of hydrogen-bond acceptors (Lipinski definition) is 3. The van der Waals surface area contributed by atoms with Gasteiger partial charge in [-0.2, -0.15) is 5.10 Å². The second kappa shape index (κ2) is 5.29. The van der Waals surface area contributed by atoms with Crippen molar-refractivity contribution in [2.24, 2.45) is 0 Å². The van der Waals surface area contributed by atoms with Crippen molar-refractivity contribution < 1.29 is 9.59 Å². The molecule has 1 aromatic carbocycles. The first-order valence-corrected chi connectivity index (χ1v) is 7.16. The van der Waals surface area contributed by atoms with Crippen LogP contribution in [0, 0.1) is 6.92 Å². The SMILES string of the molecule is CC(=O)Nc1cccc(-c2[nH]nc3c2CN(C(C)=O)C3)c1C. The van der Waals surface area contributed by atoms with Crippen LogP contribution in [0.1, 0.15) is 30.7 Å². The standard InChI is InChI=1S/C16H18N4O2/c1-9-12(5-4-6-14(9)17-10(2)21)16-13-7-20(11(3)22)8-15(13)18-19-16/h4-6H,7-8H2,1-3H3,(H,17,21)(H,18,19). The van der Waals surface area contributed by atoms with Gasteiger partial charge >= 0.3 is 0 Å². The molecule has 0 radical (unpaired) electrons. The highest BCUT2D eigenvalue weighted by molar-refractivity contribution is 5.91. The van der Waals surface area contributed by atoms with Gasteiger partial charge in [-0.3, -0.25) is 14.7 Å². The summed E-state index contributed by atoms with van der Waals surface area (Å²) >= 11 is 0. The molecule has 0 saturated heterocycles. The molecule has 0 unspecified atom stereocenters. The summed E-state index contributed by atoms with van der Waals surface area (Å²) in [5.74, 6) is -0.0505. The second-order valence-electron chi connectivity index (χ2n) is 5.56. The quantitative estimate of drug-likeness (QED) is 0.892. The van der Waals surface area contributed by atoms with Crippen molar-refractivity contribution >= 4 is 17.5 Å². The van der Waals surface area contributed by atoms with Crippen LogP contribution in [0.3, 0.4) is 0 Å². The van der Waals surface area contributed by atoms with Crippen molar-refractivity contribution in [3.05, 3.63) is 35.0 Å². The van der Waals surface area contributed by atoms with E-state index in [2.05, 4.69) is 15.5 Å². The lowest BCUT2D eigenvalue weighted by atomic mass is 10.0. The Bertz CT molecular complexity index is 764. The van der Waals surface area contributed by atoms with Crippen molar-refractivity contribution in [1.82, 2.24) is 15.1 Å². The van der Waals surface area contributed by atoms with Crippen LogP contribution in [0.4, 0.5) is 5.69 Å². The lowest BCUT2D eigenvalue weighted by Crippen LogP contribution is -2.22. The van der Waals surface area contributed by atoms with Gasteiger partial charge in [-0.1, -0.05) is 12.1 Å². The fourth-order valence-electron chi connectivity index (χ4n) is 2.81. The molecule has 1 aliphatic rings. The van der Waals surface area contributed by atoms with Crippen molar-refractivity contribution in [1.29, 1.82) is 0 Å². The Morgan fingerprint density at radius 3 is 2.73 bits per heavy atom. The molecule has 0 spiro atoms. The number of aromatic nitrogens is 2. The fourth-order valence-corrected chi connectivity index (χ4v) is 2.81. The molecule has 0 atom stereocenters. The van der Waals surface area contributed by atoms with E-state index >= 15 is 0 Å². The molecule has 6 heteroatoms. The maximum atomic E-state index is 11.5. The van der Waals surface area contributed by atoms with E-state index in [0.29, 0.717) is 13.1 Å². The topological polar surface area (TPSA) is 78.1 Å². The number of nitrogens with zero attached hydrogens (tertiary/aromatic N) is 2. The highest BCUT2D eigenvalue weighted by atomic mass is 16.2. The van der Waals surface area contributed by atoms with Crippen molar-refractivity contribution in [3.63, 3.8) is 0 Å². The van der Waals surface area contributed by atoms with Gasteiger partial charge in [0.2, 0.25) is 11.8 Å². The lowest BCUT2D eigenvalue weighted by molar-refractivity contribution is -0.129. The van der Waals surface area contributed by atoms with E-state index in [1.807, 2.05) is 25.1 Å². The first-order chi connectivity index (χ1) is 10.5. The first-order valence-electron chi connectivity index (χ1n) is 7.16. The van der Waals surface area contributed by atoms with Crippen LogP contribution in [-0.4, -0.2) is 26.9 Å². The Balaban J connectivity index is 2.01. The van der Waals surface area contributed by atoms with Crippen LogP contribution in [0.15, 0.2) is 18.2 Å². The van der Waals surface area contributed by atoms with Gasteiger partial charge in [0.05, 0.1) is 24.5 Å². The van der Waals surface area contributed by atoms with Gasteiger partial charge in [0.15, 0.2) is 0 Å². The number of rotatable bonds is 2. The molecule has 114 valence electrons. The Morgan fingerprint density at radius 2 is 2.05 bits per heavy atom. The fraction of sp³-hybridized carbons (Fsp3) is 0.312. The Hall–Kier alpha value is -2.63. The molecule has 0 bridgehead atoms. The predicted molar refractivity (Wildman–Crippen MR) is 83.0 cm³/mol. The van der Waals surface area contributed by atoms with Gasteiger partial charge in [0.25, 0.3) is 0 Å². The molecule has 2 aromatic rings. The zero-order valence-corrected chi connectivity index (χ0v) is 12.9. The third-order valence-corrected chi connectivity index (χ3v) is 4.00. The number of benzene rings is 1. The summed E-state index contributed by atoms with van der Waals surface area (Å²) in [4.78, 5) is 24.6. The molecule has 0 fully saturated rings. The number of carbonyl (C=O) groups excluding carboxylic acids is 2. The van der Waals surface area contributed by atoms with Crippen LogP contribution in [0.2, 0.25) is 0 Å². The first kappa shape index (κ1) is 14.3. The van der Waals surface area contributed by atoms with Crippen LogP contribution < -0.4 is 5.32 Å². The number of H-pyrrole nitrogens is 1. The summed E-state index contributed by atoms with van der Waals surface area (Å²) in [5.41, 5.74) is 5.64. The number of nitrogens with one attached hydrogen (secondary N) is 2. The number of hydrogen-bond donors (Lipinski definition) is 2. The molecule has 6 nitrogen and oxygen atoms in total. The number of amides is 2. The number of fused-ring (bicyclic) bond motifs is 1. The summed E-state index contributed by atoms with van der Waals surface area (Å²) in [5, 5.41) is 10.2. The van der Waals surface area contributed by atoms with Crippen LogP contribution in [-0.2, 0) is 22.7 Å². The number of anilines is 1. The van der Waals surface area contributed by atoms with Crippen molar-refractivity contribution in [2.45, 2.75) is 33.9 Å². The minimum absolute atomic E-state index is 0.0488. The van der Waals surface area contributed by atoms with Crippen LogP contribution in [0.5, 0.6) is 0 Å². The van der Waals surface area contributed by atoms with Gasteiger partial charge in [-0.15, -0.1) is 0 Å². The Labute approximate surface area is 128 Å². The van der Waals surface area contributed by atoms with Crippen molar-refractivity contribution in [2.75, 3.05) is 5.32 Å². The molecule has 1 aromatic heterocycles. The van der Waals surface area contributed by atoms with Gasteiger partial charge in [-0.25, -0.2) is 0 Å². The maximum absolute atomic E-state index is 11.5. The third kappa shape index (κ3) is 2.36.